The van der Waals surface area contributed by atoms with Crippen molar-refractivity contribution < 1.29 is 9.53 Å². The zero-order valence-electron chi connectivity index (χ0n) is 16.9. The number of nitrogens with zero attached hydrogens (tertiary/aromatic N) is 4. The summed E-state index contributed by atoms with van der Waals surface area (Å²) in [6.07, 6.45) is 5.99. The van der Waals surface area contributed by atoms with E-state index in [-0.39, 0.29) is 12.0 Å². The summed E-state index contributed by atoms with van der Waals surface area (Å²) in [5.41, 5.74) is 2.25. The number of hydrogen-bond donors (Lipinski definition) is 1. The van der Waals surface area contributed by atoms with E-state index in [1.54, 1.807) is 23.5 Å². The minimum Gasteiger partial charge on any atom is -0.444 e. The van der Waals surface area contributed by atoms with Gasteiger partial charge in [0.05, 0.1) is 11.9 Å². The Kier molecular flexibility index (Phi) is 5.05. The zero-order chi connectivity index (χ0) is 20.4. The van der Waals surface area contributed by atoms with Gasteiger partial charge in [0.2, 0.25) is 0 Å². The molecule has 1 atom stereocenters. The third-order valence-electron chi connectivity index (χ3n) is 4.82. The van der Waals surface area contributed by atoms with Crippen molar-refractivity contribution in [3.63, 3.8) is 0 Å². The molecule has 1 saturated heterocycles. The number of hydrogen-bond acceptors (Lipinski definition) is 5. The van der Waals surface area contributed by atoms with E-state index in [0.29, 0.717) is 18.9 Å². The highest BCUT2D eigenvalue weighted by Gasteiger charge is 2.31. The molecule has 3 heterocycles. The number of ether oxygens (including phenoxy) is 1. The van der Waals surface area contributed by atoms with Gasteiger partial charge in [-0.2, -0.15) is 0 Å². The van der Waals surface area contributed by atoms with Gasteiger partial charge < -0.3 is 14.6 Å². The second-order valence-electron chi connectivity index (χ2n) is 8.26. The Hall–Kier alpha value is -3.22. The Morgan fingerprint density at radius 3 is 2.48 bits per heavy atom. The fourth-order valence-electron chi connectivity index (χ4n) is 3.37. The summed E-state index contributed by atoms with van der Waals surface area (Å²) in [5.74, 6) is 1.73. The van der Waals surface area contributed by atoms with Crippen LogP contribution in [-0.4, -0.2) is 49.6 Å². The molecule has 0 aliphatic carbocycles. The second kappa shape index (κ2) is 7.66. The maximum Gasteiger partial charge on any atom is 0.410 e. The fourth-order valence-corrected chi connectivity index (χ4v) is 3.37. The van der Waals surface area contributed by atoms with Crippen LogP contribution in [0.5, 0.6) is 0 Å². The van der Waals surface area contributed by atoms with Crippen LogP contribution in [0.1, 0.15) is 38.9 Å². The molecule has 0 spiro atoms. The summed E-state index contributed by atoms with van der Waals surface area (Å²) in [5, 5.41) is 0. The Morgan fingerprint density at radius 2 is 1.79 bits per heavy atom. The van der Waals surface area contributed by atoms with Crippen molar-refractivity contribution in [2.75, 3.05) is 13.1 Å². The number of carbonyl (C=O) groups is 1. The predicted molar refractivity (Wildman–Crippen MR) is 110 cm³/mol. The molecule has 0 radical (unpaired) electrons. The first-order valence-corrected chi connectivity index (χ1v) is 9.80. The molecule has 7 nitrogen and oxygen atoms in total. The van der Waals surface area contributed by atoms with E-state index in [1.807, 2.05) is 51.1 Å². The Labute approximate surface area is 170 Å². The molecule has 150 valence electrons. The smallest absolute Gasteiger partial charge is 0.410 e. The molecule has 3 aromatic rings. The second-order valence-corrected chi connectivity index (χ2v) is 8.26. The normalized spacial score (nSPS) is 16.8. The molecule has 1 aromatic carbocycles. The summed E-state index contributed by atoms with van der Waals surface area (Å²) < 4.78 is 5.47. The number of likely N-dealkylation sites (tertiary alicyclic amines) is 1. The number of imidazole rings is 1. The van der Waals surface area contributed by atoms with Crippen LogP contribution in [0.4, 0.5) is 4.79 Å². The Morgan fingerprint density at radius 1 is 1.07 bits per heavy atom. The van der Waals surface area contributed by atoms with Crippen molar-refractivity contribution in [2.45, 2.75) is 38.7 Å². The Bertz CT molecular complexity index is 976. The van der Waals surface area contributed by atoms with Gasteiger partial charge in [0.15, 0.2) is 5.82 Å². The van der Waals surface area contributed by atoms with Crippen molar-refractivity contribution in [2.24, 2.45) is 0 Å². The van der Waals surface area contributed by atoms with E-state index in [2.05, 4.69) is 19.9 Å². The number of carbonyl (C=O) groups excluding carboxylic acids is 1. The molecular formula is C22H25N5O2. The Balaban J connectivity index is 1.43. The first-order valence-electron chi connectivity index (χ1n) is 9.80. The maximum atomic E-state index is 12.3. The SMILES string of the molecule is CC(C)(C)OC(=O)N1CC[C@@H](c2ncc(-c3cnc(-c4ccccc4)nc3)[nH]2)C1. The van der Waals surface area contributed by atoms with Crippen LogP contribution in [0.2, 0.25) is 0 Å². The maximum absolute atomic E-state index is 12.3. The topological polar surface area (TPSA) is 84.0 Å². The molecule has 2 aromatic heterocycles. The third-order valence-corrected chi connectivity index (χ3v) is 4.82. The molecular weight excluding hydrogens is 366 g/mol. The molecule has 29 heavy (non-hydrogen) atoms. The summed E-state index contributed by atoms with van der Waals surface area (Å²) in [4.78, 5) is 30.9. The summed E-state index contributed by atoms with van der Waals surface area (Å²) in [6.45, 7) is 6.91. The predicted octanol–water partition coefficient (Wildman–Crippen LogP) is 4.26. The number of amides is 1. The van der Waals surface area contributed by atoms with Gasteiger partial charge in [0.25, 0.3) is 0 Å². The van der Waals surface area contributed by atoms with E-state index in [9.17, 15) is 4.79 Å². The highest BCUT2D eigenvalue weighted by atomic mass is 16.6. The highest BCUT2D eigenvalue weighted by molar-refractivity contribution is 5.68. The number of nitrogens with one attached hydrogen (secondary N) is 1. The molecule has 1 fully saturated rings. The minimum absolute atomic E-state index is 0.167. The molecule has 4 rings (SSSR count). The van der Waals surface area contributed by atoms with Crippen molar-refractivity contribution in [1.29, 1.82) is 0 Å². The molecule has 0 unspecified atom stereocenters. The quantitative estimate of drug-likeness (QED) is 0.721. The molecule has 0 bridgehead atoms. The molecule has 1 aliphatic heterocycles. The minimum atomic E-state index is -0.487. The van der Waals surface area contributed by atoms with Crippen LogP contribution >= 0.6 is 0 Å². The van der Waals surface area contributed by atoms with Gasteiger partial charge in [-0.1, -0.05) is 30.3 Å². The summed E-state index contributed by atoms with van der Waals surface area (Å²) in [7, 11) is 0. The fraction of sp³-hybridized carbons (Fsp3) is 0.364. The lowest BCUT2D eigenvalue weighted by molar-refractivity contribution is 0.0292. The molecule has 1 N–H and O–H groups in total. The average Bonchev–Trinajstić information content (AvgIpc) is 3.37. The van der Waals surface area contributed by atoms with Crippen LogP contribution < -0.4 is 0 Å². The number of rotatable bonds is 3. The highest BCUT2D eigenvalue weighted by Crippen LogP contribution is 2.28. The molecule has 7 heteroatoms. The van der Waals surface area contributed by atoms with E-state index in [4.69, 9.17) is 4.74 Å². The number of H-pyrrole nitrogens is 1. The van der Waals surface area contributed by atoms with Crippen LogP contribution in [0.25, 0.3) is 22.6 Å². The number of aromatic amines is 1. The van der Waals surface area contributed by atoms with Gasteiger partial charge in [0, 0.05) is 42.5 Å². The van der Waals surface area contributed by atoms with Crippen LogP contribution in [-0.2, 0) is 4.74 Å². The largest absolute Gasteiger partial charge is 0.444 e. The van der Waals surface area contributed by atoms with Crippen molar-refractivity contribution in [1.82, 2.24) is 24.8 Å². The lowest BCUT2D eigenvalue weighted by Crippen LogP contribution is -2.35. The third kappa shape index (κ3) is 4.45. The van der Waals surface area contributed by atoms with Gasteiger partial charge in [-0.3, -0.25) is 0 Å². The standard InChI is InChI=1S/C22H25N5O2/c1-22(2,3)29-21(28)27-10-9-16(14-27)20-25-13-18(26-20)17-11-23-19(24-12-17)15-7-5-4-6-8-15/h4-8,11-13,16H,9-10,14H2,1-3H3,(H,25,26)/t16-/m1/s1. The first kappa shape index (κ1) is 19.1. The van der Waals surface area contributed by atoms with Gasteiger partial charge in [-0.05, 0) is 27.2 Å². The van der Waals surface area contributed by atoms with E-state index >= 15 is 0 Å². The van der Waals surface area contributed by atoms with E-state index < -0.39 is 5.60 Å². The molecule has 0 saturated carbocycles. The molecule has 1 aliphatic rings. The van der Waals surface area contributed by atoms with Crippen molar-refractivity contribution in [3.05, 3.63) is 54.7 Å². The monoisotopic (exact) mass is 391 g/mol. The van der Waals surface area contributed by atoms with Gasteiger partial charge >= 0.3 is 6.09 Å². The first-order chi connectivity index (χ1) is 13.9. The summed E-state index contributed by atoms with van der Waals surface area (Å²) in [6, 6.07) is 9.88. The number of benzene rings is 1. The lowest BCUT2D eigenvalue weighted by atomic mass is 10.1. The zero-order valence-corrected chi connectivity index (χ0v) is 16.9. The van der Waals surface area contributed by atoms with Crippen LogP contribution in [0.15, 0.2) is 48.9 Å². The van der Waals surface area contributed by atoms with Gasteiger partial charge in [-0.15, -0.1) is 0 Å². The van der Waals surface area contributed by atoms with E-state index in [0.717, 1.165) is 29.1 Å². The lowest BCUT2D eigenvalue weighted by Gasteiger charge is -2.24. The average molecular weight is 391 g/mol. The van der Waals surface area contributed by atoms with Crippen molar-refractivity contribution in [3.8, 4) is 22.6 Å². The molecule has 1 amide bonds. The summed E-state index contributed by atoms with van der Waals surface area (Å²) >= 11 is 0. The van der Waals surface area contributed by atoms with Crippen molar-refractivity contribution >= 4 is 6.09 Å². The van der Waals surface area contributed by atoms with Gasteiger partial charge in [-0.25, -0.2) is 19.7 Å². The van der Waals surface area contributed by atoms with Crippen LogP contribution in [0.3, 0.4) is 0 Å². The number of aromatic nitrogens is 4. The van der Waals surface area contributed by atoms with Gasteiger partial charge in [0.1, 0.15) is 11.4 Å². The van der Waals surface area contributed by atoms with E-state index in [1.165, 1.54) is 0 Å². The van der Waals surface area contributed by atoms with Crippen LogP contribution in [0, 0.1) is 0 Å².